The van der Waals surface area contributed by atoms with Gasteiger partial charge in [0.15, 0.2) is 0 Å². The Labute approximate surface area is 333 Å². The van der Waals surface area contributed by atoms with E-state index in [9.17, 15) is 39.6 Å². The van der Waals surface area contributed by atoms with Crippen molar-refractivity contribution in [1.82, 2.24) is 58.7 Å². The minimum Gasteiger partial charge on any atom is -0.850 e. The number of nitriles is 2. The zero-order valence-electron chi connectivity index (χ0n) is 31.9. The number of hydrogen-bond donors (Lipinski definition) is 0. The number of nitrogens with zero attached hydrogens (tertiary/aromatic N) is 14. The van der Waals surface area contributed by atoms with Crippen molar-refractivity contribution in [3.8, 4) is 12.1 Å². The third-order valence-corrected chi connectivity index (χ3v) is 6.60. The van der Waals surface area contributed by atoms with Gasteiger partial charge in [-0.2, -0.15) is 41.1 Å². The Morgan fingerprint density at radius 2 is 0.825 bits per heavy atom. The van der Waals surface area contributed by atoms with Crippen LogP contribution in [0.1, 0.15) is 54.3 Å². The molecule has 309 valence electrons. The van der Waals surface area contributed by atoms with E-state index in [0.717, 1.165) is 34.2 Å². The smallest absolute Gasteiger partial charge is 0.850 e. The van der Waals surface area contributed by atoms with Crippen LogP contribution in [-0.2, 0) is 22.9 Å². The summed E-state index contributed by atoms with van der Waals surface area (Å²) in [5.74, 6) is -1.13. The fourth-order valence-electron chi connectivity index (χ4n) is 4.91. The average Bonchev–Trinajstić information content (AvgIpc) is 3.91. The average molecular weight is 853 g/mol. The maximum atomic E-state index is 11.9. The summed E-state index contributed by atoms with van der Waals surface area (Å²) in [6, 6.07) is 15.0. The molecule has 6 aromatic heterocycles. The summed E-state index contributed by atoms with van der Waals surface area (Å²) < 4.78 is 88.6. The van der Waals surface area contributed by atoms with Crippen molar-refractivity contribution in [2.75, 3.05) is 6.61 Å². The molecule has 0 spiro atoms. The van der Waals surface area contributed by atoms with Crippen LogP contribution in [0.15, 0.2) is 73.6 Å². The molecule has 6 rings (SSSR count). The molecule has 15 nitrogen and oxygen atoms in total. The zero-order valence-corrected chi connectivity index (χ0v) is 33.0. The van der Waals surface area contributed by atoms with Crippen molar-refractivity contribution < 1.29 is 56.7 Å². The van der Waals surface area contributed by atoms with Crippen molar-refractivity contribution in [3.63, 3.8) is 0 Å². The van der Waals surface area contributed by atoms with Gasteiger partial charge < -0.3 is 39.6 Å². The Hall–Kier alpha value is -5.71. The fourth-order valence-corrected chi connectivity index (χ4v) is 4.91. The summed E-state index contributed by atoms with van der Waals surface area (Å²) in [5.41, 5.74) is 6.23. The largest absolute Gasteiger partial charge is 3.00 e. The molecule has 0 aliphatic carbocycles. The first-order valence-corrected chi connectivity index (χ1v) is 16.1. The molecule has 0 saturated carbocycles. The van der Waals surface area contributed by atoms with Crippen LogP contribution in [0.3, 0.4) is 0 Å². The number of aromatic nitrogens is 12. The minimum absolute atomic E-state index is 0. The van der Waals surface area contributed by atoms with Gasteiger partial charge in [-0.3, -0.25) is 0 Å². The number of rotatable bonds is 7. The first-order chi connectivity index (χ1) is 26.1. The maximum absolute atomic E-state index is 11.9. The van der Waals surface area contributed by atoms with Crippen LogP contribution in [0, 0.1) is 64.2 Å². The van der Waals surface area contributed by atoms with E-state index in [4.69, 9.17) is 10.5 Å². The standard InChI is InChI=1S/C16H22N6.C11H11N6O.2C2H3N.2BF4.Fe/c1-10-7-13(4)20(17-10)16(21-14(5)8-11(2)18-21)22-15(6)9-12(3)19-22;18-10-11(15-7-1-4-12-15,16-8-2-5-13-16)17-9-3-6-14-17;2*1-2-3;2*2-1(3,4)5;/h7-9,16H,1-6H3;1-9H,10H2;2*1H3;;;/q;-1;;;2*-1;+3. The van der Waals surface area contributed by atoms with E-state index in [1.165, 1.54) is 13.8 Å². The Morgan fingerprint density at radius 1 is 0.596 bits per heavy atom. The van der Waals surface area contributed by atoms with Crippen LogP contribution in [0.5, 0.6) is 0 Å². The molecule has 26 heteroatoms. The Kier molecular flexibility index (Phi) is 21.0. The van der Waals surface area contributed by atoms with Gasteiger partial charge in [0.25, 0.3) is 0 Å². The number of hydrogen-bond acceptors (Lipinski definition) is 9. The SMILES string of the molecule is CC#N.CC#N.Cc1cc(C)n(C(n2nc(C)cc2C)n2nc(C)cc2C)n1.F[B-](F)(F)F.F[B-](F)(F)F.[Fe+3].[O-]CC(n1cccn1)(n1cccn1)n1cccn1. The van der Waals surface area contributed by atoms with E-state index in [0.29, 0.717) is 0 Å². The summed E-state index contributed by atoms with van der Waals surface area (Å²) >= 11 is 0. The summed E-state index contributed by atoms with van der Waals surface area (Å²) in [4.78, 5) is 0. The van der Waals surface area contributed by atoms with Gasteiger partial charge in [0.05, 0.1) is 29.2 Å². The molecule has 6 heterocycles. The third kappa shape index (κ3) is 16.5. The maximum Gasteiger partial charge on any atom is 3.00 e. The molecule has 0 N–H and O–H groups in total. The quantitative estimate of drug-likeness (QED) is 0.144. The molecule has 0 fully saturated rings. The van der Waals surface area contributed by atoms with Gasteiger partial charge in [-0.05, 0) is 77.9 Å². The normalized spacial score (nSPS) is 10.6. The molecule has 0 aliphatic heterocycles. The molecule has 0 amide bonds. The van der Waals surface area contributed by atoms with Gasteiger partial charge in [0.1, 0.15) is 0 Å². The van der Waals surface area contributed by atoms with Crippen LogP contribution < -0.4 is 5.11 Å². The minimum atomic E-state index is -6.00. The van der Waals surface area contributed by atoms with Crippen LogP contribution in [0.25, 0.3) is 0 Å². The first-order valence-electron chi connectivity index (χ1n) is 16.1. The zero-order chi connectivity index (χ0) is 42.9. The second kappa shape index (κ2) is 23.4. The van der Waals surface area contributed by atoms with Gasteiger partial charge >= 0.3 is 31.6 Å². The second-order valence-electron chi connectivity index (χ2n) is 11.2. The molecule has 6 aromatic rings. The Balaban J connectivity index is 0.000000799. The van der Waals surface area contributed by atoms with Crippen LogP contribution in [0.2, 0.25) is 0 Å². The van der Waals surface area contributed by atoms with E-state index in [2.05, 4.69) is 69.6 Å². The molecular formula is C31H39B2F8FeN14O. The van der Waals surface area contributed by atoms with Crippen molar-refractivity contribution >= 4 is 14.5 Å². The topological polar surface area (TPSA) is 178 Å². The van der Waals surface area contributed by atoms with Crippen molar-refractivity contribution in [2.45, 2.75) is 67.5 Å². The Bertz CT molecular complexity index is 1850. The molecule has 0 saturated heterocycles. The third-order valence-electron chi connectivity index (χ3n) is 6.60. The fraction of sp³-hybridized carbons (Fsp3) is 0.355. The van der Waals surface area contributed by atoms with E-state index in [-0.39, 0.29) is 23.4 Å². The van der Waals surface area contributed by atoms with E-state index in [1.54, 1.807) is 81.6 Å². The second-order valence-corrected chi connectivity index (χ2v) is 11.2. The summed E-state index contributed by atoms with van der Waals surface area (Å²) in [5, 5.41) is 53.0. The molecule has 0 aliphatic rings. The van der Waals surface area contributed by atoms with Gasteiger partial charge in [0.2, 0.25) is 12.1 Å². The summed E-state index contributed by atoms with van der Waals surface area (Å²) in [6.45, 7) is 14.6. The van der Waals surface area contributed by atoms with Crippen molar-refractivity contribution in [2.24, 2.45) is 0 Å². The number of aryl methyl sites for hydroxylation is 6. The van der Waals surface area contributed by atoms with Gasteiger partial charge in [0, 0.05) is 68.1 Å². The van der Waals surface area contributed by atoms with Gasteiger partial charge in [-0.15, -0.1) is 0 Å². The van der Waals surface area contributed by atoms with Crippen molar-refractivity contribution in [1.29, 1.82) is 10.5 Å². The molecule has 0 aromatic carbocycles. The molecule has 0 atom stereocenters. The van der Waals surface area contributed by atoms with Crippen molar-refractivity contribution in [3.05, 3.63) is 108 Å². The van der Waals surface area contributed by atoms with E-state index in [1.807, 2.05) is 34.8 Å². The van der Waals surface area contributed by atoms with E-state index >= 15 is 0 Å². The first kappa shape index (κ1) is 51.3. The van der Waals surface area contributed by atoms with E-state index < -0.39 is 26.9 Å². The van der Waals surface area contributed by atoms with Crippen LogP contribution in [0.4, 0.5) is 34.5 Å². The molecule has 57 heavy (non-hydrogen) atoms. The monoisotopic (exact) mass is 853 g/mol. The van der Waals surface area contributed by atoms with Crippen LogP contribution >= 0.6 is 0 Å². The molecule has 0 bridgehead atoms. The predicted molar refractivity (Wildman–Crippen MR) is 188 cm³/mol. The van der Waals surface area contributed by atoms with Gasteiger partial charge in [-0.1, -0.05) is 6.61 Å². The number of halogens is 8. The summed E-state index contributed by atoms with van der Waals surface area (Å²) in [7, 11) is -12.0. The Morgan fingerprint density at radius 3 is 0.965 bits per heavy atom. The van der Waals surface area contributed by atoms with Gasteiger partial charge in [-0.25, -0.2) is 28.1 Å². The molecule has 1 radical (unpaired) electrons. The molecule has 0 unspecified atom stereocenters. The summed E-state index contributed by atoms with van der Waals surface area (Å²) in [6.07, 6.45) is 9.81. The molecular weight excluding hydrogens is 814 g/mol. The predicted octanol–water partition coefficient (Wildman–Crippen LogP) is 5.68. The van der Waals surface area contributed by atoms with Crippen LogP contribution in [-0.4, -0.2) is 79.8 Å².